The van der Waals surface area contributed by atoms with E-state index < -0.39 is 0 Å². The zero-order chi connectivity index (χ0) is 17.9. The lowest BCUT2D eigenvalue weighted by atomic mass is 10.2. The van der Waals surface area contributed by atoms with Crippen molar-refractivity contribution in [1.82, 2.24) is 15.6 Å². The fraction of sp³-hybridized carbons (Fsp3) is 0.368. The topological polar surface area (TPSA) is 67.8 Å². The number of aromatic nitrogens is 1. The van der Waals surface area contributed by atoms with Gasteiger partial charge in [0.2, 0.25) is 0 Å². The molecule has 0 radical (unpaired) electrons. The molecule has 0 aliphatic heterocycles. The number of benzene rings is 1. The first-order valence-corrected chi connectivity index (χ1v) is 8.41. The summed E-state index contributed by atoms with van der Waals surface area (Å²) < 4.78 is 10.9. The lowest BCUT2D eigenvalue weighted by Gasteiger charge is -2.14. The Hall–Kier alpha value is -2.03. The molecule has 0 saturated heterocycles. The molecule has 2 aromatic rings. The number of hydrogen-bond donors (Lipinski definition) is 2. The Balaban J connectivity index is 0.00000338. The van der Waals surface area contributed by atoms with Gasteiger partial charge in [0, 0.05) is 38.4 Å². The summed E-state index contributed by atoms with van der Waals surface area (Å²) in [7, 11) is 3.40. The second-order valence-corrected chi connectivity index (χ2v) is 5.34. The minimum atomic E-state index is 0. The van der Waals surface area contributed by atoms with Crippen molar-refractivity contribution in [3.8, 4) is 11.5 Å². The Labute approximate surface area is 172 Å². The third kappa shape index (κ3) is 7.07. The van der Waals surface area contributed by atoms with Crippen molar-refractivity contribution in [2.45, 2.75) is 19.9 Å². The predicted molar refractivity (Wildman–Crippen MR) is 116 cm³/mol. The summed E-state index contributed by atoms with van der Waals surface area (Å²) in [5.74, 6) is 2.25. The number of nitrogens with zero attached hydrogens (tertiary/aromatic N) is 2. The van der Waals surface area contributed by atoms with Crippen LogP contribution in [0.15, 0.2) is 47.6 Å². The Bertz CT molecular complexity index is 680. The minimum Gasteiger partial charge on any atom is -0.493 e. The molecule has 0 saturated carbocycles. The van der Waals surface area contributed by atoms with E-state index in [9.17, 15) is 0 Å². The molecule has 26 heavy (non-hydrogen) atoms. The predicted octanol–water partition coefficient (Wildman–Crippen LogP) is 3.01. The largest absolute Gasteiger partial charge is 0.493 e. The van der Waals surface area contributed by atoms with Crippen LogP contribution < -0.4 is 20.1 Å². The minimum absolute atomic E-state index is 0. The summed E-state index contributed by atoms with van der Waals surface area (Å²) in [6, 6.07) is 11.8. The Morgan fingerprint density at radius 2 is 2.00 bits per heavy atom. The van der Waals surface area contributed by atoms with Crippen LogP contribution in [0.3, 0.4) is 0 Å². The second-order valence-electron chi connectivity index (χ2n) is 5.34. The molecule has 0 unspecified atom stereocenters. The molecule has 6 nitrogen and oxygen atoms in total. The quantitative estimate of drug-likeness (QED) is 0.353. The molecule has 1 heterocycles. The fourth-order valence-corrected chi connectivity index (χ4v) is 2.36. The van der Waals surface area contributed by atoms with E-state index in [2.05, 4.69) is 20.6 Å². The maximum absolute atomic E-state index is 5.54. The van der Waals surface area contributed by atoms with Gasteiger partial charge in [0.1, 0.15) is 0 Å². The van der Waals surface area contributed by atoms with Gasteiger partial charge in [-0.3, -0.25) is 9.98 Å². The van der Waals surface area contributed by atoms with Crippen LogP contribution in [0.5, 0.6) is 11.5 Å². The highest BCUT2D eigenvalue weighted by atomic mass is 127. The van der Waals surface area contributed by atoms with Gasteiger partial charge in [-0.1, -0.05) is 12.1 Å². The van der Waals surface area contributed by atoms with Gasteiger partial charge in [0.15, 0.2) is 17.5 Å². The molecule has 1 aromatic heterocycles. The SMILES string of the molecule is CCOc1ccc(CNC(=NC)NCCc2ccccn2)cc1OC.I. The van der Waals surface area contributed by atoms with E-state index in [1.165, 1.54) is 0 Å². The smallest absolute Gasteiger partial charge is 0.191 e. The van der Waals surface area contributed by atoms with Crippen molar-refractivity contribution in [2.24, 2.45) is 4.99 Å². The second kappa shape index (κ2) is 12.3. The van der Waals surface area contributed by atoms with Crippen LogP contribution in [-0.2, 0) is 13.0 Å². The van der Waals surface area contributed by atoms with Gasteiger partial charge < -0.3 is 20.1 Å². The van der Waals surface area contributed by atoms with Gasteiger partial charge >= 0.3 is 0 Å². The Morgan fingerprint density at radius 1 is 1.15 bits per heavy atom. The van der Waals surface area contributed by atoms with Gasteiger partial charge in [0.05, 0.1) is 13.7 Å². The molecule has 1 aromatic carbocycles. The zero-order valence-corrected chi connectivity index (χ0v) is 17.8. The van der Waals surface area contributed by atoms with Gasteiger partial charge in [-0.25, -0.2) is 0 Å². The van der Waals surface area contributed by atoms with Crippen molar-refractivity contribution < 1.29 is 9.47 Å². The van der Waals surface area contributed by atoms with Gasteiger partial charge in [-0.05, 0) is 36.8 Å². The first-order chi connectivity index (χ1) is 12.3. The average Bonchev–Trinajstić information content (AvgIpc) is 2.66. The number of halogens is 1. The lowest BCUT2D eigenvalue weighted by molar-refractivity contribution is 0.310. The maximum atomic E-state index is 5.54. The van der Waals surface area contributed by atoms with E-state index in [4.69, 9.17) is 9.47 Å². The molecule has 2 N–H and O–H groups in total. The molecule has 0 atom stereocenters. The standard InChI is InChI=1S/C19H26N4O2.HI/c1-4-25-17-9-8-15(13-18(17)24-3)14-23-19(20-2)22-12-10-16-7-5-6-11-21-16;/h5-9,11,13H,4,10,12,14H2,1-3H3,(H2,20,22,23);1H. The summed E-state index contributed by atoms with van der Waals surface area (Å²) in [5, 5.41) is 6.59. The number of hydrogen-bond acceptors (Lipinski definition) is 4. The summed E-state index contributed by atoms with van der Waals surface area (Å²) in [6.45, 7) is 3.98. The number of ether oxygens (including phenoxy) is 2. The number of nitrogens with one attached hydrogen (secondary N) is 2. The van der Waals surface area contributed by atoms with Crippen molar-refractivity contribution >= 4 is 29.9 Å². The molecule has 142 valence electrons. The summed E-state index contributed by atoms with van der Waals surface area (Å²) in [4.78, 5) is 8.55. The summed E-state index contributed by atoms with van der Waals surface area (Å²) >= 11 is 0. The number of pyridine rings is 1. The van der Waals surface area contributed by atoms with Gasteiger partial charge in [-0.2, -0.15) is 0 Å². The fourth-order valence-electron chi connectivity index (χ4n) is 2.36. The van der Waals surface area contributed by atoms with Crippen molar-refractivity contribution in [1.29, 1.82) is 0 Å². The number of guanidine groups is 1. The van der Waals surface area contributed by atoms with E-state index in [-0.39, 0.29) is 24.0 Å². The molecule has 0 amide bonds. The van der Waals surface area contributed by atoms with Gasteiger partial charge in [-0.15, -0.1) is 24.0 Å². The first-order valence-electron chi connectivity index (χ1n) is 8.41. The normalized spacial score (nSPS) is 10.7. The van der Waals surface area contributed by atoms with Gasteiger partial charge in [0.25, 0.3) is 0 Å². The van der Waals surface area contributed by atoms with E-state index in [0.717, 1.165) is 41.7 Å². The third-order valence-corrected chi connectivity index (χ3v) is 3.61. The van der Waals surface area contributed by atoms with E-state index in [1.807, 2.05) is 49.5 Å². The summed E-state index contributed by atoms with van der Waals surface area (Å²) in [5.41, 5.74) is 2.15. The van der Waals surface area contributed by atoms with E-state index in [0.29, 0.717) is 13.2 Å². The number of rotatable bonds is 8. The third-order valence-electron chi connectivity index (χ3n) is 3.61. The van der Waals surface area contributed by atoms with Crippen molar-refractivity contribution in [3.63, 3.8) is 0 Å². The van der Waals surface area contributed by atoms with Crippen LogP contribution in [0.4, 0.5) is 0 Å². The summed E-state index contributed by atoms with van der Waals surface area (Å²) in [6.07, 6.45) is 2.65. The molecule has 0 aliphatic rings. The molecule has 0 fully saturated rings. The van der Waals surface area contributed by atoms with Crippen LogP contribution in [0.25, 0.3) is 0 Å². The molecule has 0 bridgehead atoms. The van der Waals surface area contributed by atoms with Crippen LogP contribution in [-0.4, -0.2) is 38.3 Å². The highest BCUT2D eigenvalue weighted by Crippen LogP contribution is 2.27. The first kappa shape index (κ1) is 22.0. The van der Waals surface area contributed by atoms with Crippen molar-refractivity contribution in [3.05, 3.63) is 53.9 Å². The van der Waals surface area contributed by atoms with Crippen molar-refractivity contribution in [2.75, 3.05) is 27.3 Å². The van der Waals surface area contributed by atoms with Crippen LogP contribution in [0, 0.1) is 0 Å². The molecule has 0 spiro atoms. The monoisotopic (exact) mass is 470 g/mol. The van der Waals surface area contributed by atoms with E-state index >= 15 is 0 Å². The molecule has 7 heteroatoms. The number of aliphatic imine (C=N–C) groups is 1. The Kier molecular flexibility index (Phi) is 10.5. The molecule has 2 rings (SSSR count). The van der Waals surface area contributed by atoms with Crippen LogP contribution in [0.1, 0.15) is 18.2 Å². The molecule has 0 aliphatic carbocycles. The number of methoxy groups -OCH3 is 1. The molecular formula is C19H27IN4O2. The average molecular weight is 470 g/mol. The zero-order valence-electron chi connectivity index (χ0n) is 15.5. The molecular weight excluding hydrogens is 443 g/mol. The maximum Gasteiger partial charge on any atom is 0.191 e. The highest BCUT2D eigenvalue weighted by molar-refractivity contribution is 14.0. The lowest BCUT2D eigenvalue weighted by Crippen LogP contribution is -2.37. The highest BCUT2D eigenvalue weighted by Gasteiger charge is 2.06. The van der Waals surface area contributed by atoms with E-state index in [1.54, 1.807) is 14.2 Å². The van der Waals surface area contributed by atoms with Crippen LogP contribution >= 0.6 is 24.0 Å². The Morgan fingerprint density at radius 3 is 2.65 bits per heavy atom. The van der Waals surface area contributed by atoms with Crippen LogP contribution in [0.2, 0.25) is 0 Å².